The van der Waals surface area contributed by atoms with Crippen molar-refractivity contribution in [2.75, 3.05) is 0 Å². The van der Waals surface area contributed by atoms with E-state index in [0.29, 0.717) is 5.82 Å². The van der Waals surface area contributed by atoms with Gasteiger partial charge in [-0.15, -0.1) is 0 Å². The Balaban J connectivity index is 2.82. The first kappa shape index (κ1) is 8.10. The van der Waals surface area contributed by atoms with Crippen molar-refractivity contribution in [1.29, 1.82) is 0 Å². The summed E-state index contributed by atoms with van der Waals surface area (Å²) in [5, 5.41) is 5.80. The van der Waals surface area contributed by atoms with E-state index in [1.807, 2.05) is 13.8 Å². The number of hydrogen-bond acceptors (Lipinski definition) is 2. The molecule has 0 aromatic carbocycles. The average molecular weight is 161 g/mol. The molecule has 0 bridgehead atoms. The van der Waals surface area contributed by atoms with Gasteiger partial charge in [-0.25, -0.2) is 13.8 Å². The lowest BCUT2D eigenvalue weighted by Crippen LogP contribution is -1.90. The monoisotopic (exact) mass is 161 g/mol. The van der Waals surface area contributed by atoms with Crippen molar-refractivity contribution in [3.63, 3.8) is 0 Å². The summed E-state index contributed by atoms with van der Waals surface area (Å²) < 4.78 is 23.8. The number of aromatic nitrogens is 3. The molecule has 1 rings (SSSR count). The zero-order chi connectivity index (χ0) is 8.43. The van der Waals surface area contributed by atoms with Gasteiger partial charge in [0.25, 0.3) is 6.43 Å². The summed E-state index contributed by atoms with van der Waals surface area (Å²) >= 11 is 0. The molecule has 1 heterocycles. The second kappa shape index (κ2) is 2.94. The normalized spacial score (nSPS) is 11.5. The van der Waals surface area contributed by atoms with E-state index in [0.717, 1.165) is 0 Å². The van der Waals surface area contributed by atoms with Crippen LogP contribution in [-0.2, 0) is 0 Å². The molecule has 0 aliphatic heterocycles. The quantitative estimate of drug-likeness (QED) is 0.719. The fourth-order valence-corrected chi connectivity index (χ4v) is 0.644. The Bertz CT molecular complexity index is 209. The summed E-state index contributed by atoms with van der Waals surface area (Å²) in [4.78, 5) is 3.59. The predicted molar refractivity (Wildman–Crippen MR) is 35.4 cm³/mol. The molecule has 0 aliphatic carbocycles. The van der Waals surface area contributed by atoms with Gasteiger partial charge in [-0.1, -0.05) is 13.8 Å². The summed E-state index contributed by atoms with van der Waals surface area (Å²) in [5.41, 5.74) is 0. The molecule has 0 spiro atoms. The standard InChI is InChI=1S/C6H9F2N3/c1-3(2)5-9-6(4(7)8)11-10-5/h3-4H,1-2H3,(H,9,10,11). The van der Waals surface area contributed by atoms with E-state index in [2.05, 4.69) is 15.2 Å². The van der Waals surface area contributed by atoms with Gasteiger partial charge in [0.15, 0.2) is 11.6 Å². The number of nitrogens with zero attached hydrogens (tertiary/aromatic N) is 2. The zero-order valence-electron chi connectivity index (χ0n) is 6.31. The molecule has 5 heteroatoms. The fraction of sp³-hybridized carbons (Fsp3) is 0.667. The van der Waals surface area contributed by atoms with Gasteiger partial charge in [0.05, 0.1) is 0 Å². The van der Waals surface area contributed by atoms with Gasteiger partial charge in [0.1, 0.15) is 0 Å². The Morgan fingerprint density at radius 2 is 2.00 bits per heavy atom. The largest absolute Gasteiger partial charge is 0.296 e. The molecule has 1 aromatic heterocycles. The maximum atomic E-state index is 11.9. The lowest BCUT2D eigenvalue weighted by molar-refractivity contribution is 0.140. The first-order chi connectivity index (χ1) is 5.11. The maximum absolute atomic E-state index is 11.9. The van der Waals surface area contributed by atoms with Crippen LogP contribution in [0.15, 0.2) is 0 Å². The Kier molecular flexibility index (Phi) is 2.16. The highest BCUT2D eigenvalue weighted by Gasteiger charge is 2.13. The molecule has 3 nitrogen and oxygen atoms in total. The second-order valence-corrected chi connectivity index (χ2v) is 2.53. The highest BCUT2D eigenvalue weighted by atomic mass is 19.3. The number of rotatable bonds is 2. The minimum Gasteiger partial charge on any atom is -0.258 e. The van der Waals surface area contributed by atoms with E-state index in [1.165, 1.54) is 0 Å². The Hall–Kier alpha value is -1.00. The number of hydrogen-bond donors (Lipinski definition) is 1. The smallest absolute Gasteiger partial charge is 0.258 e. The molecular weight excluding hydrogens is 152 g/mol. The molecule has 0 fully saturated rings. The van der Waals surface area contributed by atoms with Crippen LogP contribution >= 0.6 is 0 Å². The maximum Gasteiger partial charge on any atom is 0.296 e. The highest BCUT2D eigenvalue weighted by Crippen LogP contribution is 2.15. The van der Waals surface area contributed by atoms with Crippen LogP contribution in [0.3, 0.4) is 0 Å². The molecular formula is C6H9F2N3. The SMILES string of the molecule is CC(C)c1n[nH]c(C(F)F)n1. The van der Waals surface area contributed by atoms with Gasteiger partial charge in [0.2, 0.25) is 0 Å². The average Bonchev–Trinajstić information content (AvgIpc) is 2.33. The molecule has 0 amide bonds. The van der Waals surface area contributed by atoms with Gasteiger partial charge in [0, 0.05) is 5.92 Å². The van der Waals surface area contributed by atoms with Crippen LogP contribution in [0.5, 0.6) is 0 Å². The Labute approximate surface area is 62.8 Å². The molecule has 1 N–H and O–H groups in total. The van der Waals surface area contributed by atoms with E-state index in [1.54, 1.807) is 0 Å². The molecule has 11 heavy (non-hydrogen) atoms. The van der Waals surface area contributed by atoms with E-state index in [4.69, 9.17) is 0 Å². The summed E-state index contributed by atoms with van der Waals surface area (Å²) in [5.74, 6) is 0.160. The number of nitrogens with one attached hydrogen (secondary N) is 1. The summed E-state index contributed by atoms with van der Waals surface area (Å²) in [6.07, 6.45) is -2.56. The van der Waals surface area contributed by atoms with Crippen LogP contribution in [0.4, 0.5) is 8.78 Å². The predicted octanol–water partition coefficient (Wildman–Crippen LogP) is 1.87. The van der Waals surface area contributed by atoms with Crippen molar-refractivity contribution in [3.05, 3.63) is 11.6 Å². The second-order valence-electron chi connectivity index (χ2n) is 2.53. The molecule has 1 aromatic rings. The summed E-state index contributed by atoms with van der Waals surface area (Å²) in [7, 11) is 0. The van der Waals surface area contributed by atoms with Crippen molar-refractivity contribution in [2.24, 2.45) is 0 Å². The van der Waals surface area contributed by atoms with Gasteiger partial charge < -0.3 is 0 Å². The van der Waals surface area contributed by atoms with Crippen LogP contribution in [0.1, 0.15) is 37.8 Å². The number of aromatic amines is 1. The summed E-state index contributed by atoms with van der Waals surface area (Å²) in [6.45, 7) is 3.69. The van der Waals surface area contributed by atoms with E-state index >= 15 is 0 Å². The topological polar surface area (TPSA) is 41.6 Å². The van der Waals surface area contributed by atoms with Crippen molar-refractivity contribution >= 4 is 0 Å². The van der Waals surface area contributed by atoms with Crippen LogP contribution in [0.25, 0.3) is 0 Å². The zero-order valence-corrected chi connectivity index (χ0v) is 6.31. The summed E-state index contributed by atoms with van der Waals surface area (Å²) in [6, 6.07) is 0. The molecule has 0 radical (unpaired) electrons. The third-order valence-electron chi connectivity index (χ3n) is 1.24. The highest BCUT2D eigenvalue weighted by molar-refractivity contribution is 4.95. The fourth-order valence-electron chi connectivity index (χ4n) is 0.644. The Morgan fingerprint density at radius 3 is 2.27 bits per heavy atom. The van der Waals surface area contributed by atoms with Gasteiger partial charge >= 0.3 is 0 Å². The molecule has 0 saturated carbocycles. The Morgan fingerprint density at radius 1 is 1.36 bits per heavy atom. The molecule has 0 atom stereocenters. The number of halogens is 2. The molecule has 0 aliphatic rings. The first-order valence-electron chi connectivity index (χ1n) is 3.31. The third kappa shape index (κ3) is 1.72. The minimum absolute atomic E-state index is 0.0822. The third-order valence-corrected chi connectivity index (χ3v) is 1.24. The van der Waals surface area contributed by atoms with Crippen LogP contribution in [0, 0.1) is 0 Å². The lowest BCUT2D eigenvalue weighted by Gasteiger charge is -1.93. The van der Waals surface area contributed by atoms with Gasteiger partial charge in [-0.3, -0.25) is 5.10 Å². The van der Waals surface area contributed by atoms with E-state index in [-0.39, 0.29) is 11.7 Å². The van der Waals surface area contributed by atoms with Crippen LogP contribution < -0.4 is 0 Å². The van der Waals surface area contributed by atoms with Crippen molar-refractivity contribution < 1.29 is 8.78 Å². The van der Waals surface area contributed by atoms with Crippen molar-refractivity contribution in [3.8, 4) is 0 Å². The van der Waals surface area contributed by atoms with Crippen molar-refractivity contribution in [2.45, 2.75) is 26.2 Å². The van der Waals surface area contributed by atoms with E-state index < -0.39 is 6.43 Å². The molecule has 0 saturated heterocycles. The number of H-pyrrole nitrogens is 1. The molecule has 0 unspecified atom stereocenters. The van der Waals surface area contributed by atoms with E-state index in [9.17, 15) is 8.78 Å². The van der Waals surface area contributed by atoms with Crippen molar-refractivity contribution in [1.82, 2.24) is 15.2 Å². The molecule has 62 valence electrons. The minimum atomic E-state index is -2.56. The lowest BCUT2D eigenvalue weighted by atomic mass is 10.2. The first-order valence-corrected chi connectivity index (χ1v) is 3.31. The van der Waals surface area contributed by atoms with Gasteiger partial charge in [-0.05, 0) is 0 Å². The van der Waals surface area contributed by atoms with Crippen LogP contribution in [0.2, 0.25) is 0 Å². The van der Waals surface area contributed by atoms with Gasteiger partial charge in [-0.2, -0.15) is 5.10 Å². The van der Waals surface area contributed by atoms with Crippen LogP contribution in [-0.4, -0.2) is 15.2 Å². The number of alkyl halides is 2.